The lowest BCUT2D eigenvalue weighted by atomic mass is 10.1. The molecule has 2 aromatic heterocycles. The molecule has 2 aliphatic rings. The molecule has 1 aromatic carbocycles. The average molecular weight is 458 g/mol. The zero-order valence-electron chi connectivity index (χ0n) is 19.8. The summed E-state index contributed by atoms with van der Waals surface area (Å²) in [5.41, 5.74) is 3.72. The Kier molecular flexibility index (Phi) is 5.91. The van der Waals surface area contributed by atoms with Crippen LogP contribution in [0.15, 0.2) is 53.6 Å². The van der Waals surface area contributed by atoms with Crippen molar-refractivity contribution in [3.8, 4) is 23.2 Å². The van der Waals surface area contributed by atoms with E-state index < -0.39 is 5.41 Å². The predicted molar refractivity (Wildman–Crippen MR) is 133 cm³/mol. The lowest BCUT2D eigenvalue weighted by Gasteiger charge is -2.19. The Bertz CT molecular complexity index is 1310. The molecule has 1 saturated heterocycles. The van der Waals surface area contributed by atoms with Gasteiger partial charge in [-0.3, -0.25) is 9.20 Å². The molecule has 5 rings (SSSR count). The van der Waals surface area contributed by atoms with Crippen molar-refractivity contribution in [2.75, 3.05) is 18.1 Å². The summed E-state index contributed by atoms with van der Waals surface area (Å²) in [4.78, 5) is 19.9. The summed E-state index contributed by atoms with van der Waals surface area (Å²) in [6, 6.07) is 12.2. The van der Waals surface area contributed by atoms with Gasteiger partial charge in [-0.15, -0.1) is 0 Å². The molecule has 0 radical (unpaired) electrons. The van der Waals surface area contributed by atoms with Crippen molar-refractivity contribution in [3.63, 3.8) is 0 Å². The number of imidazole rings is 1. The molecule has 0 N–H and O–H groups in total. The van der Waals surface area contributed by atoms with Crippen LogP contribution in [-0.2, 0) is 6.54 Å². The number of rotatable bonds is 9. The molecular weight excluding hydrogens is 426 g/mol. The number of allylic oxidation sites excluding steroid dienone is 1. The van der Waals surface area contributed by atoms with Crippen molar-refractivity contribution in [2.45, 2.75) is 58.4 Å². The Balaban J connectivity index is 1.50. The maximum atomic E-state index is 12.9. The fourth-order valence-corrected chi connectivity index (χ4v) is 4.62. The molecule has 1 aliphatic carbocycles. The number of nitriles is 1. The summed E-state index contributed by atoms with van der Waals surface area (Å²) in [7, 11) is 0. The van der Waals surface area contributed by atoms with Gasteiger partial charge in [0.25, 0.3) is 5.56 Å². The lowest BCUT2D eigenvalue weighted by molar-refractivity contribution is 0.259. The summed E-state index contributed by atoms with van der Waals surface area (Å²) in [6.45, 7) is 8.41. The second kappa shape index (κ2) is 9.02. The summed E-state index contributed by atoms with van der Waals surface area (Å²) in [5, 5.41) is 9.33. The SMILES string of the molecule is C=C1CCCN1c1ccc(-c2cn3c(=O)cc(OCC4(C#N)CC4)nc3n2CCCCC)cc1. The number of benzene rings is 1. The number of nitrogens with zero attached hydrogens (tertiary/aromatic N) is 5. The van der Waals surface area contributed by atoms with Gasteiger partial charge < -0.3 is 14.2 Å². The first-order chi connectivity index (χ1) is 16.5. The fraction of sp³-hybridized carbons (Fsp3) is 0.444. The molecule has 1 saturated carbocycles. The van der Waals surface area contributed by atoms with E-state index in [2.05, 4.69) is 53.3 Å². The van der Waals surface area contributed by atoms with Crippen LogP contribution >= 0.6 is 0 Å². The highest BCUT2D eigenvalue weighted by atomic mass is 16.5. The molecular formula is C27H31N5O2. The van der Waals surface area contributed by atoms with Crippen LogP contribution in [0.25, 0.3) is 17.0 Å². The summed E-state index contributed by atoms with van der Waals surface area (Å²) in [5.74, 6) is 0.864. The van der Waals surface area contributed by atoms with Gasteiger partial charge in [-0.1, -0.05) is 38.5 Å². The highest BCUT2D eigenvalue weighted by Crippen LogP contribution is 2.44. The van der Waals surface area contributed by atoms with E-state index in [1.54, 1.807) is 4.40 Å². The Morgan fingerprint density at radius 1 is 1.24 bits per heavy atom. The van der Waals surface area contributed by atoms with E-state index in [1.807, 2.05) is 6.20 Å². The fourth-order valence-electron chi connectivity index (χ4n) is 4.62. The van der Waals surface area contributed by atoms with Crippen molar-refractivity contribution in [2.24, 2.45) is 5.41 Å². The largest absolute Gasteiger partial charge is 0.476 e. The Labute approximate surface area is 199 Å². The number of aromatic nitrogens is 3. The van der Waals surface area contributed by atoms with E-state index in [0.717, 1.165) is 80.7 Å². The zero-order valence-corrected chi connectivity index (χ0v) is 19.8. The predicted octanol–water partition coefficient (Wildman–Crippen LogP) is 5.15. The zero-order chi connectivity index (χ0) is 23.7. The lowest BCUT2D eigenvalue weighted by Crippen LogP contribution is -2.17. The summed E-state index contributed by atoms with van der Waals surface area (Å²) in [6.07, 6.45) is 8.94. The molecule has 7 nitrogen and oxygen atoms in total. The topological polar surface area (TPSA) is 75.6 Å². The number of anilines is 1. The second-order valence-electron chi connectivity index (χ2n) is 9.52. The van der Waals surface area contributed by atoms with E-state index in [0.29, 0.717) is 5.78 Å². The number of fused-ring (bicyclic) bond motifs is 1. The van der Waals surface area contributed by atoms with Crippen LogP contribution in [0.5, 0.6) is 5.88 Å². The number of hydrogen-bond acceptors (Lipinski definition) is 5. The number of aryl methyl sites for hydroxylation is 1. The van der Waals surface area contributed by atoms with Crippen molar-refractivity contribution < 1.29 is 4.74 Å². The molecule has 0 amide bonds. The monoisotopic (exact) mass is 457 g/mol. The van der Waals surface area contributed by atoms with Crippen LogP contribution in [0.4, 0.5) is 5.69 Å². The summed E-state index contributed by atoms with van der Waals surface area (Å²) >= 11 is 0. The third kappa shape index (κ3) is 4.21. The first-order valence-electron chi connectivity index (χ1n) is 12.3. The van der Waals surface area contributed by atoms with Crippen molar-refractivity contribution in [1.82, 2.24) is 14.0 Å². The molecule has 0 atom stereocenters. The smallest absolute Gasteiger partial charge is 0.262 e. The normalized spacial score (nSPS) is 16.7. The van der Waals surface area contributed by atoms with Crippen molar-refractivity contribution >= 4 is 11.5 Å². The van der Waals surface area contributed by atoms with E-state index in [-0.39, 0.29) is 18.0 Å². The van der Waals surface area contributed by atoms with Crippen LogP contribution in [0, 0.1) is 16.7 Å². The average Bonchev–Trinajstić information content (AvgIpc) is 3.36. The molecule has 3 heterocycles. The van der Waals surface area contributed by atoms with E-state index in [1.165, 1.54) is 6.07 Å². The molecule has 0 bridgehead atoms. The Hall–Kier alpha value is -3.53. The Morgan fingerprint density at radius 2 is 2.03 bits per heavy atom. The molecule has 1 aliphatic heterocycles. The van der Waals surface area contributed by atoms with Gasteiger partial charge >= 0.3 is 0 Å². The standard InChI is InChI=1S/C27H31N5O2/c1-3-4-5-14-31-23(21-8-10-22(11-9-21)30-15-6-7-20(30)2)17-32-25(33)16-24(29-26(31)32)34-19-27(18-28)12-13-27/h8-11,16-17H,2-7,12-15,19H2,1H3. The summed E-state index contributed by atoms with van der Waals surface area (Å²) < 4.78 is 9.53. The van der Waals surface area contributed by atoms with E-state index in [4.69, 9.17) is 9.72 Å². The third-order valence-corrected chi connectivity index (χ3v) is 6.97. The molecule has 0 spiro atoms. The Morgan fingerprint density at radius 3 is 2.68 bits per heavy atom. The molecule has 0 unspecified atom stereocenters. The molecule has 3 aromatic rings. The molecule has 7 heteroatoms. The van der Waals surface area contributed by atoms with Gasteiger partial charge in [0.05, 0.1) is 23.2 Å². The van der Waals surface area contributed by atoms with Gasteiger partial charge in [0.1, 0.15) is 6.61 Å². The molecule has 176 valence electrons. The second-order valence-corrected chi connectivity index (χ2v) is 9.52. The highest BCUT2D eigenvalue weighted by molar-refractivity contribution is 5.67. The van der Waals surface area contributed by atoms with Crippen molar-refractivity contribution in [3.05, 3.63) is 59.2 Å². The van der Waals surface area contributed by atoms with Gasteiger partial charge in [-0.05, 0) is 49.8 Å². The van der Waals surface area contributed by atoms with Gasteiger partial charge in [0.2, 0.25) is 11.7 Å². The van der Waals surface area contributed by atoms with Gasteiger partial charge in [-0.2, -0.15) is 10.2 Å². The van der Waals surface area contributed by atoms with Crippen LogP contribution < -0.4 is 15.2 Å². The van der Waals surface area contributed by atoms with Crippen molar-refractivity contribution in [1.29, 1.82) is 5.26 Å². The highest BCUT2D eigenvalue weighted by Gasteiger charge is 2.44. The minimum atomic E-state index is -0.413. The van der Waals surface area contributed by atoms with E-state index in [9.17, 15) is 10.1 Å². The van der Waals surface area contributed by atoms with E-state index >= 15 is 0 Å². The van der Waals surface area contributed by atoms with Crippen LogP contribution in [-0.4, -0.2) is 27.1 Å². The molecule has 34 heavy (non-hydrogen) atoms. The minimum absolute atomic E-state index is 0.178. The van der Waals surface area contributed by atoms with Crippen LogP contribution in [0.1, 0.15) is 51.9 Å². The number of unbranched alkanes of at least 4 members (excludes halogenated alkanes) is 2. The quantitative estimate of drug-likeness (QED) is 0.416. The first-order valence-corrected chi connectivity index (χ1v) is 12.3. The third-order valence-electron chi connectivity index (χ3n) is 6.97. The van der Waals surface area contributed by atoms with Crippen LogP contribution in [0.2, 0.25) is 0 Å². The van der Waals surface area contributed by atoms with Gasteiger partial charge in [0.15, 0.2) is 0 Å². The van der Waals surface area contributed by atoms with Gasteiger partial charge in [-0.25, -0.2) is 0 Å². The number of ether oxygens (including phenoxy) is 1. The molecule has 2 fully saturated rings. The maximum Gasteiger partial charge on any atom is 0.262 e. The minimum Gasteiger partial charge on any atom is -0.476 e. The van der Waals surface area contributed by atoms with Gasteiger partial charge in [0, 0.05) is 30.7 Å². The van der Waals surface area contributed by atoms with Crippen LogP contribution in [0.3, 0.4) is 0 Å². The first kappa shape index (κ1) is 22.3. The number of hydrogen-bond donors (Lipinski definition) is 0. The maximum absolute atomic E-state index is 12.9.